The third-order valence-corrected chi connectivity index (χ3v) is 7.30. The zero-order valence-electron chi connectivity index (χ0n) is 19.3. The number of hydrogen-bond acceptors (Lipinski definition) is 10. The number of fused-ring (bicyclic) bond motifs is 1. The van der Waals surface area contributed by atoms with Gasteiger partial charge in [0.2, 0.25) is 5.28 Å². The molecule has 3 heterocycles. The summed E-state index contributed by atoms with van der Waals surface area (Å²) in [7, 11) is -3.35. The first-order chi connectivity index (χ1) is 16.1. The molecule has 11 nitrogen and oxygen atoms in total. The normalized spacial score (nSPS) is 16.6. The van der Waals surface area contributed by atoms with Crippen LogP contribution in [0.25, 0.3) is 0 Å². The van der Waals surface area contributed by atoms with E-state index in [1.54, 1.807) is 17.9 Å². The van der Waals surface area contributed by atoms with Crippen LogP contribution in [0.4, 0.5) is 11.5 Å². The van der Waals surface area contributed by atoms with Crippen LogP contribution in [0.1, 0.15) is 45.5 Å². The van der Waals surface area contributed by atoms with Crippen molar-refractivity contribution in [1.29, 1.82) is 0 Å². The fraction of sp³-hybridized carbons (Fsp3) is 0.476. The highest BCUT2D eigenvalue weighted by Crippen LogP contribution is 2.35. The third kappa shape index (κ3) is 5.62. The Bertz CT molecular complexity index is 1170. The monoisotopic (exact) mass is 510 g/mol. The number of carbonyl (C=O) groups excluding carboxylic acids is 2. The Kier molecular flexibility index (Phi) is 8.05. The summed E-state index contributed by atoms with van der Waals surface area (Å²) in [5.74, 6) is -0.463. The second-order valence-corrected chi connectivity index (χ2v) is 10.3. The van der Waals surface area contributed by atoms with Crippen molar-refractivity contribution in [1.82, 2.24) is 20.3 Å². The highest BCUT2D eigenvalue weighted by molar-refractivity contribution is 7.91. The van der Waals surface area contributed by atoms with Crippen molar-refractivity contribution in [2.45, 2.75) is 64.4 Å². The fourth-order valence-electron chi connectivity index (χ4n) is 3.33. The van der Waals surface area contributed by atoms with E-state index in [0.717, 1.165) is 0 Å². The Morgan fingerprint density at radius 1 is 1.32 bits per heavy atom. The molecule has 0 saturated heterocycles. The van der Waals surface area contributed by atoms with Gasteiger partial charge >= 0.3 is 5.97 Å². The summed E-state index contributed by atoms with van der Waals surface area (Å²) in [5, 5.41) is 6.13. The summed E-state index contributed by atoms with van der Waals surface area (Å²) >= 11 is 6.10. The molecular weight excluding hydrogens is 484 g/mol. The number of pyridine rings is 1. The number of amides is 1. The van der Waals surface area contributed by atoms with Gasteiger partial charge in [0.15, 0.2) is 21.8 Å². The molecule has 0 bridgehead atoms. The predicted molar refractivity (Wildman–Crippen MR) is 126 cm³/mol. The van der Waals surface area contributed by atoms with Crippen molar-refractivity contribution in [2.75, 3.05) is 16.0 Å². The first-order valence-electron chi connectivity index (χ1n) is 10.8. The highest BCUT2D eigenvalue weighted by atomic mass is 35.5. The molecule has 0 aliphatic carbocycles. The Labute approximate surface area is 203 Å². The van der Waals surface area contributed by atoms with Crippen LogP contribution in [-0.4, -0.2) is 53.2 Å². The molecule has 0 spiro atoms. The number of carbonyl (C=O) groups is 2. The molecule has 2 N–H and O–H groups in total. The second kappa shape index (κ2) is 10.6. The molecule has 0 radical (unpaired) electrons. The van der Waals surface area contributed by atoms with Crippen molar-refractivity contribution in [3.8, 4) is 0 Å². The molecule has 0 aromatic carbocycles. The minimum Gasteiger partial charge on any atom is -0.459 e. The number of nitrogens with zero attached hydrogens (tertiary/aromatic N) is 4. The summed E-state index contributed by atoms with van der Waals surface area (Å²) in [6.45, 7) is 6.73. The SMILES string of the molecule is CC[C@@H](C)N1C(=O)C(NCc2ccc(S(=O)(=O)CC)cn2)Nc2c(COC(C)=O)nc(Cl)nc21. The summed E-state index contributed by atoms with van der Waals surface area (Å²) in [4.78, 5) is 39.0. The third-order valence-electron chi connectivity index (χ3n) is 5.41. The van der Waals surface area contributed by atoms with Crippen LogP contribution >= 0.6 is 11.6 Å². The molecule has 2 atom stereocenters. The molecule has 0 fully saturated rings. The van der Waals surface area contributed by atoms with Crippen LogP contribution < -0.4 is 15.5 Å². The van der Waals surface area contributed by atoms with Crippen molar-refractivity contribution in [3.05, 3.63) is 35.0 Å². The van der Waals surface area contributed by atoms with Gasteiger partial charge in [-0.2, -0.15) is 4.98 Å². The molecule has 1 amide bonds. The maximum atomic E-state index is 13.3. The molecule has 184 valence electrons. The Morgan fingerprint density at radius 3 is 2.65 bits per heavy atom. The number of aromatic nitrogens is 3. The van der Waals surface area contributed by atoms with E-state index >= 15 is 0 Å². The number of nitrogens with one attached hydrogen (secondary N) is 2. The van der Waals surface area contributed by atoms with Crippen molar-refractivity contribution >= 4 is 44.8 Å². The molecule has 1 aliphatic rings. The van der Waals surface area contributed by atoms with Crippen molar-refractivity contribution in [2.24, 2.45) is 0 Å². The number of sulfone groups is 1. The quantitative estimate of drug-likeness (QED) is 0.380. The molecule has 1 aliphatic heterocycles. The van der Waals surface area contributed by atoms with Crippen molar-refractivity contribution in [3.63, 3.8) is 0 Å². The van der Waals surface area contributed by atoms with Gasteiger partial charge in [-0.15, -0.1) is 0 Å². The van der Waals surface area contributed by atoms with Gasteiger partial charge in [0.25, 0.3) is 5.91 Å². The lowest BCUT2D eigenvalue weighted by Gasteiger charge is -2.38. The minimum absolute atomic E-state index is 0.0145. The van der Waals surface area contributed by atoms with Crippen LogP contribution in [0.3, 0.4) is 0 Å². The van der Waals surface area contributed by atoms with Gasteiger partial charge in [-0.05, 0) is 37.1 Å². The maximum absolute atomic E-state index is 13.3. The van der Waals surface area contributed by atoms with Gasteiger partial charge in [0.05, 0.1) is 16.3 Å². The second-order valence-electron chi connectivity index (χ2n) is 7.73. The van der Waals surface area contributed by atoms with Crippen LogP contribution in [0.5, 0.6) is 0 Å². The Morgan fingerprint density at radius 2 is 2.06 bits per heavy atom. The Hall–Kier alpha value is -2.83. The molecule has 34 heavy (non-hydrogen) atoms. The van der Waals surface area contributed by atoms with E-state index in [0.29, 0.717) is 29.3 Å². The largest absolute Gasteiger partial charge is 0.459 e. The summed E-state index contributed by atoms with van der Waals surface area (Å²) < 4.78 is 29.1. The number of rotatable bonds is 9. The van der Waals surface area contributed by atoms with Crippen LogP contribution in [0.2, 0.25) is 5.28 Å². The summed E-state index contributed by atoms with van der Waals surface area (Å²) in [6, 6.07) is 2.90. The van der Waals surface area contributed by atoms with E-state index < -0.39 is 22.0 Å². The van der Waals surface area contributed by atoms with Gasteiger partial charge < -0.3 is 10.1 Å². The standard InChI is InChI=1S/C21H27ClN6O5S/c1-5-12(3)28-19-17(16(11-33-13(4)29)25-21(22)27-19)26-18(20(28)30)24-9-14-7-8-15(10-23-14)34(31,32)6-2/h7-8,10,12,18,24,26H,5-6,9,11H2,1-4H3/t12-,18?/m1/s1. The smallest absolute Gasteiger partial charge is 0.303 e. The molecule has 1 unspecified atom stereocenters. The molecule has 3 rings (SSSR count). The van der Waals surface area contributed by atoms with E-state index in [1.807, 2.05) is 13.8 Å². The van der Waals surface area contributed by atoms with Crippen LogP contribution in [0.15, 0.2) is 23.2 Å². The number of anilines is 2. The van der Waals surface area contributed by atoms with Crippen LogP contribution in [0, 0.1) is 0 Å². The zero-order valence-corrected chi connectivity index (χ0v) is 20.9. The number of ether oxygens (including phenoxy) is 1. The fourth-order valence-corrected chi connectivity index (χ4v) is 4.33. The van der Waals surface area contributed by atoms with E-state index in [4.69, 9.17) is 16.3 Å². The molecular formula is C21H27ClN6O5S. The van der Waals surface area contributed by atoms with E-state index in [-0.39, 0.29) is 41.0 Å². The molecule has 2 aromatic rings. The zero-order chi connectivity index (χ0) is 25.0. The number of halogens is 1. The average Bonchev–Trinajstić information content (AvgIpc) is 2.81. The van der Waals surface area contributed by atoms with Crippen molar-refractivity contribution < 1.29 is 22.7 Å². The van der Waals surface area contributed by atoms with Gasteiger partial charge in [-0.1, -0.05) is 13.8 Å². The molecule has 0 saturated carbocycles. The Balaban J connectivity index is 1.88. The lowest BCUT2D eigenvalue weighted by Crippen LogP contribution is -2.57. The first-order valence-corrected chi connectivity index (χ1v) is 12.8. The van der Waals surface area contributed by atoms with E-state index in [1.165, 1.54) is 19.2 Å². The van der Waals surface area contributed by atoms with E-state index in [2.05, 4.69) is 25.6 Å². The highest BCUT2D eigenvalue weighted by Gasteiger charge is 2.38. The molecule has 13 heteroatoms. The minimum atomic E-state index is -3.35. The lowest BCUT2D eigenvalue weighted by molar-refractivity contribution is -0.142. The summed E-state index contributed by atoms with van der Waals surface area (Å²) in [6.07, 6.45) is 1.11. The van der Waals surface area contributed by atoms with Gasteiger partial charge in [-0.3, -0.25) is 24.8 Å². The summed E-state index contributed by atoms with van der Waals surface area (Å²) in [5.41, 5.74) is 1.32. The van der Waals surface area contributed by atoms with Gasteiger partial charge in [0, 0.05) is 25.7 Å². The topological polar surface area (TPSA) is 143 Å². The number of esters is 1. The number of hydrogen-bond donors (Lipinski definition) is 2. The maximum Gasteiger partial charge on any atom is 0.303 e. The van der Waals surface area contributed by atoms with Gasteiger partial charge in [-0.25, -0.2) is 13.4 Å². The first kappa shape index (κ1) is 25.8. The molecule has 2 aromatic heterocycles. The van der Waals surface area contributed by atoms with Crippen LogP contribution in [-0.2, 0) is 37.3 Å². The average molecular weight is 511 g/mol. The lowest BCUT2D eigenvalue weighted by atomic mass is 10.1. The predicted octanol–water partition coefficient (Wildman–Crippen LogP) is 2.05. The van der Waals surface area contributed by atoms with E-state index in [9.17, 15) is 18.0 Å². The van der Waals surface area contributed by atoms with Gasteiger partial charge in [0.1, 0.15) is 18.0 Å².